The summed E-state index contributed by atoms with van der Waals surface area (Å²) >= 11 is 0. The summed E-state index contributed by atoms with van der Waals surface area (Å²) in [4.78, 5) is 12.9. The zero-order chi connectivity index (χ0) is 14.6. The summed E-state index contributed by atoms with van der Waals surface area (Å²) in [7, 11) is 1.91. The molecule has 0 aliphatic rings. The van der Waals surface area contributed by atoms with E-state index in [0.717, 1.165) is 17.0 Å². The van der Waals surface area contributed by atoms with Gasteiger partial charge in [0.15, 0.2) is 0 Å². The fourth-order valence-electron chi connectivity index (χ4n) is 2.00. The summed E-state index contributed by atoms with van der Waals surface area (Å²) in [6.45, 7) is 8.43. The van der Waals surface area contributed by atoms with Crippen LogP contribution >= 0.6 is 0 Å². The fraction of sp³-hybridized carbons (Fsp3) is 0.533. The molecule has 19 heavy (non-hydrogen) atoms. The van der Waals surface area contributed by atoms with Gasteiger partial charge < -0.3 is 14.7 Å². The molecule has 1 aromatic rings. The predicted molar refractivity (Wildman–Crippen MR) is 77.1 cm³/mol. The number of aliphatic carboxylic acids is 1. The van der Waals surface area contributed by atoms with Crippen LogP contribution in [0.5, 0.6) is 5.75 Å². The molecule has 0 aliphatic carbocycles. The van der Waals surface area contributed by atoms with Gasteiger partial charge in [0, 0.05) is 18.3 Å². The molecule has 0 atom stereocenters. The molecule has 0 aromatic heterocycles. The molecule has 1 N–H and O–H groups in total. The Morgan fingerprint density at radius 2 is 2.05 bits per heavy atom. The van der Waals surface area contributed by atoms with E-state index in [1.165, 1.54) is 0 Å². The highest BCUT2D eigenvalue weighted by molar-refractivity contribution is 5.69. The number of carbonyl (C=O) groups is 1. The van der Waals surface area contributed by atoms with E-state index in [1.807, 2.05) is 57.8 Å². The lowest BCUT2D eigenvalue weighted by atomic mass is 9.97. The first-order valence-corrected chi connectivity index (χ1v) is 6.47. The molecule has 0 amide bonds. The Bertz CT molecular complexity index is 455. The molecule has 0 spiro atoms. The third-order valence-corrected chi connectivity index (χ3v) is 3.34. The second kappa shape index (κ2) is 5.95. The van der Waals surface area contributed by atoms with E-state index in [1.54, 1.807) is 0 Å². The van der Waals surface area contributed by atoms with Crippen molar-refractivity contribution in [2.75, 3.05) is 18.6 Å². The number of carboxylic acids is 1. The molecule has 0 aliphatic heterocycles. The highest BCUT2D eigenvalue weighted by Gasteiger charge is 2.27. The number of hydrogen-bond donors (Lipinski definition) is 1. The lowest BCUT2D eigenvalue weighted by Crippen LogP contribution is -2.43. The third-order valence-electron chi connectivity index (χ3n) is 3.34. The first kappa shape index (κ1) is 15.3. The molecule has 0 saturated carbocycles. The van der Waals surface area contributed by atoms with E-state index in [2.05, 4.69) is 0 Å². The van der Waals surface area contributed by atoms with Gasteiger partial charge in [0.25, 0.3) is 0 Å². The van der Waals surface area contributed by atoms with Crippen LogP contribution in [0.1, 0.15) is 32.8 Å². The Labute approximate surface area is 115 Å². The van der Waals surface area contributed by atoms with Gasteiger partial charge in [0.05, 0.1) is 13.0 Å². The lowest BCUT2D eigenvalue weighted by Gasteiger charge is -2.36. The minimum Gasteiger partial charge on any atom is -0.494 e. The Hall–Kier alpha value is -1.71. The van der Waals surface area contributed by atoms with Crippen molar-refractivity contribution in [2.45, 2.75) is 39.7 Å². The number of carboxylic acid groups (broad SMARTS) is 1. The average molecular weight is 265 g/mol. The van der Waals surface area contributed by atoms with Crippen molar-refractivity contribution in [3.8, 4) is 5.75 Å². The summed E-state index contributed by atoms with van der Waals surface area (Å²) in [6, 6.07) is 5.91. The minimum atomic E-state index is -0.792. The molecular weight excluding hydrogens is 242 g/mol. The highest BCUT2D eigenvalue weighted by Crippen LogP contribution is 2.29. The standard InChI is InChI=1S/C15H23NO3/c1-6-19-13-8-7-12(9-11(13)2)16(5)15(3,4)10-14(17)18/h7-9H,6,10H2,1-5H3,(H,17,18). The van der Waals surface area contributed by atoms with Crippen LogP contribution in [0.2, 0.25) is 0 Å². The van der Waals surface area contributed by atoms with E-state index >= 15 is 0 Å². The van der Waals surface area contributed by atoms with Gasteiger partial charge in [-0.1, -0.05) is 0 Å². The van der Waals surface area contributed by atoms with Crippen LogP contribution in [-0.4, -0.2) is 30.3 Å². The van der Waals surface area contributed by atoms with Crippen LogP contribution in [0.25, 0.3) is 0 Å². The zero-order valence-corrected chi connectivity index (χ0v) is 12.4. The van der Waals surface area contributed by atoms with Crippen LogP contribution in [0.3, 0.4) is 0 Å². The monoisotopic (exact) mass is 265 g/mol. The average Bonchev–Trinajstić information content (AvgIpc) is 2.29. The first-order chi connectivity index (χ1) is 8.77. The van der Waals surface area contributed by atoms with Crippen molar-refractivity contribution >= 4 is 11.7 Å². The molecule has 1 rings (SSSR count). The van der Waals surface area contributed by atoms with Gasteiger partial charge in [-0.3, -0.25) is 4.79 Å². The quantitative estimate of drug-likeness (QED) is 0.858. The maximum Gasteiger partial charge on any atom is 0.305 e. The van der Waals surface area contributed by atoms with Crippen LogP contribution < -0.4 is 9.64 Å². The largest absolute Gasteiger partial charge is 0.494 e. The number of anilines is 1. The predicted octanol–water partition coefficient (Wildman–Crippen LogP) is 3.08. The van der Waals surface area contributed by atoms with Crippen molar-refractivity contribution in [1.29, 1.82) is 0 Å². The Morgan fingerprint density at radius 1 is 1.42 bits per heavy atom. The van der Waals surface area contributed by atoms with Crippen LogP contribution in [0.15, 0.2) is 18.2 Å². The molecule has 0 heterocycles. The molecule has 4 nitrogen and oxygen atoms in total. The van der Waals surface area contributed by atoms with Crippen molar-refractivity contribution in [3.63, 3.8) is 0 Å². The van der Waals surface area contributed by atoms with Crippen molar-refractivity contribution in [1.82, 2.24) is 0 Å². The van der Waals surface area contributed by atoms with Gasteiger partial charge in [-0.15, -0.1) is 0 Å². The van der Waals surface area contributed by atoms with E-state index in [9.17, 15) is 4.79 Å². The second-order valence-corrected chi connectivity index (χ2v) is 5.32. The molecule has 1 aromatic carbocycles. The maximum atomic E-state index is 10.9. The Morgan fingerprint density at radius 3 is 2.53 bits per heavy atom. The minimum absolute atomic E-state index is 0.0930. The van der Waals surface area contributed by atoms with Crippen LogP contribution in [-0.2, 0) is 4.79 Å². The van der Waals surface area contributed by atoms with Gasteiger partial charge in [0.2, 0.25) is 0 Å². The summed E-state index contributed by atoms with van der Waals surface area (Å²) in [6.07, 6.45) is 0.0930. The van der Waals surface area contributed by atoms with Gasteiger partial charge in [-0.25, -0.2) is 0 Å². The molecule has 4 heteroatoms. The van der Waals surface area contributed by atoms with E-state index in [-0.39, 0.29) is 6.42 Å². The number of benzene rings is 1. The normalized spacial score (nSPS) is 11.2. The molecule has 0 radical (unpaired) electrons. The topological polar surface area (TPSA) is 49.8 Å². The van der Waals surface area contributed by atoms with Crippen molar-refractivity contribution in [3.05, 3.63) is 23.8 Å². The van der Waals surface area contributed by atoms with Crippen molar-refractivity contribution in [2.24, 2.45) is 0 Å². The van der Waals surface area contributed by atoms with Gasteiger partial charge in [-0.2, -0.15) is 0 Å². The number of ether oxygens (including phenoxy) is 1. The molecule has 0 saturated heterocycles. The third kappa shape index (κ3) is 3.88. The zero-order valence-electron chi connectivity index (χ0n) is 12.4. The lowest BCUT2D eigenvalue weighted by molar-refractivity contribution is -0.138. The number of nitrogens with zero attached hydrogens (tertiary/aromatic N) is 1. The van der Waals surface area contributed by atoms with Crippen LogP contribution in [0.4, 0.5) is 5.69 Å². The number of hydrogen-bond acceptors (Lipinski definition) is 3. The van der Waals surface area contributed by atoms with Gasteiger partial charge in [-0.05, 0) is 51.5 Å². The molecule has 106 valence electrons. The van der Waals surface area contributed by atoms with E-state index in [4.69, 9.17) is 9.84 Å². The van der Waals surface area contributed by atoms with Gasteiger partial charge >= 0.3 is 5.97 Å². The molecular formula is C15H23NO3. The Balaban J connectivity index is 2.96. The first-order valence-electron chi connectivity index (χ1n) is 6.47. The number of rotatable bonds is 6. The summed E-state index contributed by atoms with van der Waals surface area (Å²) in [5.74, 6) is 0.0789. The molecule has 0 unspecified atom stereocenters. The van der Waals surface area contributed by atoms with E-state index < -0.39 is 11.5 Å². The molecule has 0 bridgehead atoms. The van der Waals surface area contributed by atoms with Gasteiger partial charge in [0.1, 0.15) is 5.75 Å². The fourth-order valence-corrected chi connectivity index (χ4v) is 2.00. The highest BCUT2D eigenvalue weighted by atomic mass is 16.5. The second-order valence-electron chi connectivity index (χ2n) is 5.32. The summed E-state index contributed by atoms with van der Waals surface area (Å²) < 4.78 is 5.51. The van der Waals surface area contributed by atoms with Crippen LogP contribution in [0, 0.1) is 6.92 Å². The molecule has 0 fully saturated rings. The Kier molecular flexibility index (Phi) is 4.81. The number of aryl methyl sites for hydroxylation is 1. The SMILES string of the molecule is CCOc1ccc(N(C)C(C)(C)CC(=O)O)cc1C. The summed E-state index contributed by atoms with van der Waals surface area (Å²) in [5.41, 5.74) is 1.61. The summed E-state index contributed by atoms with van der Waals surface area (Å²) in [5, 5.41) is 8.97. The smallest absolute Gasteiger partial charge is 0.305 e. The maximum absolute atomic E-state index is 10.9. The van der Waals surface area contributed by atoms with Crippen molar-refractivity contribution < 1.29 is 14.6 Å². The van der Waals surface area contributed by atoms with E-state index in [0.29, 0.717) is 6.61 Å².